The minimum Gasteiger partial charge on any atom is -0.310 e. The Kier molecular flexibility index (Phi) is 7.38. The van der Waals surface area contributed by atoms with Gasteiger partial charge in [0.05, 0.1) is 27.8 Å². The number of aromatic nitrogens is 3. The summed E-state index contributed by atoms with van der Waals surface area (Å²) in [5.41, 5.74) is 18.1. The van der Waals surface area contributed by atoms with Crippen LogP contribution in [0.15, 0.2) is 194 Å². The molecule has 300 valence electrons. The van der Waals surface area contributed by atoms with E-state index in [-0.39, 0.29) is 10.8 Å². The van der Waals surface area contributed by atoms with Gasteiger partial charge < -0.3 is 4.90 Å². The Bertz CT molecular complexity index is 3360. The zero-order chi connectivity index (χ0) is 42.2. The molecule has 4 heteroatoms. The van der Waals surface area contributed by atoms with Crippen molar-refractivity contribution in [2.75, 3.05) is 4.90 Å². The lowest BCUT2D eigenvalue weighted by atomic mass is 9.82. The van der Waals surface area contributed by atoms with Crippen molar-refractivity contribution in [2.24, 2.45) is 0 Å². The van der Waals surface area contributed by atoms with Gasteiger partial charge in [-0.3, -0.25) is 9.13 Å². The standard InChI is InChI=1S/C59H44N4/c1-58(2)48-23-11-5-17-40(48)46-33-37(29-31-50(46)58)61(38-30-32-51-47(34-38)41-18-6-12-24-49(41)59(51,3)4)39-35-56(62-52-25-13-7-19-42(52)43-20-8-14-26-53(43)62)60-57(36-39)63-54-27-15-9-21-44(54)45-22-10-16-28-55(45)63/h5-36H,1-4H3. The molecule has 3 heterocycles. The van der Waals surface area contributed by atoms with Crippen LogP contribution < -0.4 is 4.90 Å². The van der Waals surface area contributed by atoms with Crippen LogP contribution in [0.3, 0.4) is 0 Å². The summed E-state index contributed by atoms with van der Waals surface area (Å²) in [6.07, 6.45) is 0. The molecule has 0 fully saturated rings. The summed E-state index contributed by atoms with van der Waals surface area (Å²) < 4.78 is 4.71. The maximum absolute atomic E-state index is 5.70. The van der Waals surface area contributed by atoms with Crippen molar-refractivity contribution in [3.05, 3.63) is 216 Å². The van der Waals surface area contributed by atoms with Gasteiger partial charge in [0.1, 0.15) is 11.6 Å². The summed E-state index contributed by atoms with van der Waals surface area (Å²) in [6, 6.07) is 71.6. The first-order valence-corrected chi connectivity index (χ1v) is 22.1. The van der Waals surface area contributed by atoms with E-state index in [1.807, 2.05) is 0 Å². The van der Waals surface area contributed by atoms with Crippen molar-refractivity contribution < 1.29 is 0 Å². The molecule has 0 saturated carbocycles. The van der Waals surface area contributed by atoms with E-state index in [1.54, 1.807) is 0 Å². The van der Waals surface area contributed by atoms with Crippen LogP contribution in [-0.4, -0.2) is 14.1 Å². The number of nitrogens with zero attached hydrogens (tertiary/aromatic N) is 4. The normalized spacial score (nSPS) is 14.3. The molecule has 0 bridgehead atoms. The highest BCUT2D eigenvalue weighted by atomic mass is 15.2. The molecule has 0 atom stereocenters. The smallest absolute Gasteiger partial charge is 0.142 e. The highest BCUT2D eigenvalue weighted by Gasteiger charge is 2.37. The minimum absolute atomic E-state index is 0.109. The maximum Gasteiger partial charge on any atom is 0.142 e. The van der Waals surface area contributed by atoms with Gasteiger partial charge in [-0.15, -0.1) is 0 Å². The van der Waals surface area contributed by atoms with Crippen molar-refractivity contribution in [1.29, 1.82) is 0 Å². The molecule has 8 aromatic carbocycles. The fourth-order valence-electron chi connectivity index (χ4n) is 11.3. The number of hydrogen-bond donors (Lipinski definition) is 0. The number of benzene rings is 8. The fourth-order valence-corrected chi connectivity index (χ4v) is 11.3. The average molecular weight is 809 g/mol. The van der Waals surface area contributed by atoms with Gasteiger partial charge >= 0.3 is 0 Å². The predicted octanol–water partition coefficient (Wildman–Crippen LogP) is 15.4. The summed E-state index contributed by atoms with van der Waals surface area (Å²) >= 11 is 0. The summed E-state index contributed by atoms with van der Waals surface area (Å²) in [5.74, 6) is 1.71. The number of pyridine rings is 1. The lowest BCUT2D eigenvalue weighted by molar-refractivity contribution is 0.660. The Morgan fingerprint density at radius 1 is 0.333 bits per heavy atom. The van der Waals surface area contributed by atoms with Crippen LogP contribution in [0.1, 0.15) is 49.9 Å². The fraction of sp³-hybridized carbons (Fsp3) is 0.102. The molecule has 0 N–H and O–H groups in total. The van der Waals surface area contributed by atoms with E-state index in [9.17, 15) is 0 Å². The largest absolute Gasteiger partial charge is 0.310 e. The molecule has 2 aliphatic carbocycles. The van der Waals surface area contributed by atoms with Crippen molar-refractivity contribution >= 4 is 60.7 Å². The first kappa shape index (κ1) is 36.0. The summed E-state index contributed by atoms with van der Waals surface area (Å²) in [5, 5.41) is 4.82. The minimum atomic E-state index is -0.109. The quantitative estimate of drug-likeness (QED) is 0.173. The highest BCUT2D eigenvalue weighted by molar-refractivity contribution is 6.10. The molecule has 0 saturated heterocycles. The summed E-state index contributed by atoms with van der Waals surface area (Å²) in [7, 11) is 0. The lowest BCUT2D eigenvalue weighted by Gasteiger charge is -2.29. The predicted molar refractivity (Wildman–Crippen MR) is 263 cm³/mol. The van der Waals surface area contributed by atoms with E-state index in [0.717, 1.165) is 50.8 Å². The number of anilines is 3. The van der Waals surface area contributed by atoms with Crippen LogP contribution in [0, 0.1) is 0 Å². The van der Waals surface area contributed by atoms with Crippen LogP contribution in [0.25, 0.3) is 77.5 Å². The van der Waals surface area contributed by atoms with Gasteiger partial charge in [0.2, 0.25) is 0 Å². The van der Waals surface area contributed by atoms with Crippen LogP contribution in [0.5, 0.6) is 0 Å². The summed E-state index contributed by atoms with van der Waals surface area (Å²) in [6.45, 7) is 9.42. The molecule has 0 aliphatic heterocycles. The zero-order valence-electron chi connectivity index (χ0n) is 35.8. The molecule has 13 rings (SSSR count). The van der Waals surface area contributed by atoms with E-state index in [4.69, 9.17) is 4.98 Å². The van der Waals surface area contributed by atoms with Gasteiger partial charge in [-0.2, -0.15) is 0 Å². The molecular weight excluding hydrogens is 765 g/mol. The van der Waals surface area contributed by atoms with Gasteiger partial charge in [-0.1, -0.05) is 161 Å². The topological polar surface area (TPSA) is 26.0 Å². The van der Waals surface area contributed by atoms with E-state index in [0.29, 0.717) is 0 Å². The molecule has 0 spiro atoms. The third kappa shape index (κ3) is 5.01. The highest BCUT2D eigenvalue weighted by Crippen LogP contribution is 2.53. The first-order valence-electron chi connectivity index (χ1n) is 22.1. The Hall–Kier alpha value is -7.69. The van der Waals surface area contributed by atoms with Gasteiger partial charge in [0.25, 0.3) is 0 Å². The third-order valence-corrected chi connectivity index (χ3v) is 14.3. The summed E-state index contributed by atoms with van der Waals surface area (Å²) in [4.78, 5) is 8.17. The van der Waals surface area contributed by atoms with Crippen molar-refractivity contribution in [3.8, 4) is 33.9 Å². The first-order chi connectivity index (χ1) is 30.8. The van der Waals surface area contributed by atoms with E-state index in [2.05, 4.69) is 236 Å². The number of fused-ring (bicyclic) bond motifs is 12. The zero-order valence-corrected chi connectivity index (χ0v) is 35.8. The Morgan fingerprint density at radius 3 is 1.06 bits per heavy atom. The van der Waals surface area contributed by atoms with Gasteiger partial charge in [0.15, 0.2) is 0 Å². The van der Waals surface area contributed by atoms with E-state index >= 15 is 0 Å². The monoisotopic (exact) mass is 808 g/mol. The van der Waals surface area contributed by atoms with Crippen LogP contribution in [0.2, 0.25) is 0 Å². The molecule has 0 unspecified atom stereocenters. The van der Waals surface area contributed by atoms with Gasteiger partial charge in [-0.05, 0) is 93.0 Å². The van der Waals surface area contributed by atoms with E-state index in [1.165, 1.54) is 66.1 Å². The second kappa shape index (κ2) is 12.9. The lowest BCUT2D eigenvalue weighted by Crippen LogP contribution is -2.16. The maximum atomic E-state index is 5.70. The molecule has 11 aromatic rings. The molecular formula is C59H44N4. The second-order valence-electron chi connectivity index (χ2n) is 18.4. The van der Waals surface area contributed by atoms with Crippen LogP contribution in [-0.2, 0) is 10.8 Å². The third-order valence-electron chi connectivity index (χ3n) is 14.3. The van der Waals surface area contributed by atoms with Gasteiger partial charge in [-0.25, -0.2) is 4.98 Å². The molecule has 3 aromatic heterocycles. The van der Waals surface area contributed by atoms with Gasteiger partial charge in [0, 0.05) is 55.9 Å². The Morgan fingerprint density at radius 2 is 0.667 bits per heavy atom. The molecule has 2 aliphatic rings. The SMILES string of the molecule is CC1(C)c2ccccc2-c2cc(N(c3cc(-n4c5ccccc5c5ccccc54)nc(-n4c5ccccc5c5ccccc54)c3)c3ccc4c(c3)-c3ccccc3C4(C)C)ccc21. The Labute approximate surface area is 366 Å². The molecule has 0 amide bonds. The van der Waals surface area contributed by atoms with Crippen LogP contribution >= 0.6 is 0 Å². The molecule has 63 heavy (non-hydrogen) atoms. The van der Waals surface area contributed by atoms with Crippen molar-refractivity contribution in [3.63, 3.8) is 0 Å². The molecule has 4 nitrogen and oxygen atoms in total. The average Bonchev–Trinajstić information content (AvgIpc) is 3.98. The second-order valence-corrected chi connectivity index (χ2v) is 18.4. The van der Waals surface area contributed by atoms with Crippen molar-refractivity contribution in [1.82, 2.24) is 14.1 Å². The van der Waals surface area contributed by atoms with Crippen LogP contribution in [0.4, 0.5) is 17.1 Å². The van der Waals surface area contributed by atoms with E-state index < -0.39 is 0 Å². The van der Waals surface area contributed by atoms with Crippen molar-refractivity contribution in [2.45, 2.75) is 38.5 Å². The number of hydrogen-bond acceptors (Lipinski definition) is 2. The Balaban J connectivity index is 1.14. The molecule has 0 radical (unpaired) electrons. The number of rotatable bonds is 5. The number of para-hydroxylation sites is 4.